The molecule has 1 fully saturated rings. The summed E-state index contributed by atoms with van der Waals surface area (Å²) in [5.41, 5.74) is 0.718. The number of aliphatic carboxylic acids is 1. The van der Waals surface area contributed by atoms with Gasteiger partial charge in [0.15, 0.2) is 5.17 Å². The van der Waals surface area contributed by atoms with Gasteiger partial charge >= 0.3 is 5.97 Å². The predicted molar refractivity (Wildman–Crippen MR) is 111 cm³/mol. The number of carbonyl (C=O) groups excluding carboxylic acids is 1. The molecule has 1 saturated heterocycles. The van der Waals surface area contributed by atoms with Crippen LogP contribution in [0.5, 0.6) is 5.75 Å². The molecule has 28 heavy (non-hydrogen) atoms. The first-order valence-corrected chi connectivity index (χ1v) is 10.4. The molecule has 2 heterocycles. The summed E-state index contributed by atoms with van der Waals surface area (Å²) >= 11 is 2.71. The van der Waals surface area contributed by atoms with Gasteiger partial charge in [0.05, 0.1) is 17.9 Å². The highest BCUT2D eigenvalue weighted by molar-refractivity contribution is 8.18. The number of rotatable bonds is 8. The average molecular weight is 418 g/mol. The number of thioether (sulfide) groups is 1. The lowest BCUT2D eigenvalue weighted by molar-refractivity contribution is -0.137. The minimum Gasteiger partial charge on any atom is -0.492 e. The number of hydrogen-bond donors (Lipinski definition) is 1. The van der Waals surface area contributed by atoms with Crippen LogP contribution in [-0.4, -0.2) is 45.2 Å². The van der Waals surface area contributed by atoms with Crippen molar-refractivity contribution in [2.45, 2.75) is 19.8 Å². The number of para-hydroxylation sites is 1. The fourth-order valence-electron chi connectivity index (χ4n) is 2.49. The van der Waals surface area contributed by atoms with E-state index in [9.17, 15) is 9.59 Å². The van der Waals surface area contributed by atoms with Gasteiger partial charge in [-0.05, 0) is 30.3 Å². The van der Waals surface area contributed by atoms with Crippen molar-refractivity contribution in [1.82, 2.24) is 9.88 Å². The van der Waals surface area contributed by atoms with Gasteiger partial charge in [-0.25, -0.2) is 4.98 Å². The Morgan fingerprint density at radius 2 is 2.21 bits per heavy atom. The summed E-state index contributed by atoms with van der Waals surface area (Å²) in [5, 5.41) is 11.8. The van der Waals surface area contributed by atoms with E-state index in [4.69, 9.17) is 9.84 Å². The quantitative estimate of drug-likeness (QED) is 0.653. The second kappa shape index (κ2) is 9.52. The predicted octanol–water partition coefficient (Wildman–Crippen LogP) is 4.01. The summed E-state index contributed by atoms with van der Waals surface area (Å²) in [5.74, 6) is -0.491. The van der Waals surface area contributed by atoms with Crippen molar-refractivity contribution in [2.75, 3.05) is 13.2 Å². The molecule has 146 valence electrons. The molecule has 9 heteroatoms. The number of amides is 1. The highest BCUT2D eigenvalue weighted by Crippen LogP contribution is 2.35. The third-order valence-electron chi connectivity index (χ3n) is 3.72. The van der Waals surface area contributed by atoms with Crippen LogP contribution in [0, 0.1) is 0 Å². The number of nitrogens with zero attached hydrogens (tertiary/aromatic N) is 3. The molecule has 1 aliphatic rings. The number of benzene rings is 1. The molecule has 1 aliphatic heterocycles. The maximum atomic E-state index is 12.9. The van der Waals surface area contributed by atoms with Crippen LogP contribution < -0.4 is 4.74 Å². The molecule has 0 atom stereocenters. The first kappa shape index (κ1) is 20.1. The number of amidine groups is 1. The summed E-state index contributed by atoms with van der Waals surface area (Å²) in [7, 11) is 0. The summed E-state index contributed by atoms with van der Waals surface area (Å²) < 4.78 is 5.58. The van der Waals surface area contributed by atoms with Gasteiger partial charge in [-0.15, -0.1) is 11.3 Å². The third-order valence-corrected chi connectivity index (χ3v) is 5.40. The Kier molecular flexibility index (Phi) is 6.83. The molecule has 0 saturated carbocycles. The maximum absolute atomic E-state index is 12.9. The highest BCUT2D eigenvalue weighted by Gasteiger charge is 2.33. The fraction of sp³-hybridized carbons (Fsp3) is 0.263. The zero-order valence-electron chi connectivity index (χ0n) is 15.2. The Bertz CT molecular complexity index is 910. The molecule has 1 aromatic carbocycles. The maximum Gasteiger partial charge on any atom is 0.306 e. The van der Waals surface area contributed by atoms with Crippen LogP contribution >= 0.6 is 23.1 Å². The smallest absolute Gasteiger partial charge is 0.306 e. The van der Waals surface area contributed by atoms with Crippen LogP contribution in [0.2, 0.25) is 0 Å². The van der Waals surface area contributed by atoms with Crippen molar-refractivity contribution in [3.63, 3.8) is 0 Å². The van der Waals surface area contributed by atoms with Gasteiger partial charge in [-0.3, -0.25) is 14.5 Å². The first-order chi connectivity index (χ1) is 13.6. The molecule has 0 radical (unpaired) electrons. The van der Waals surface area contributed by atoms with E-state index in [1.165, 1.54) is 23.1 Å². The van der Waals surface area contributed by atoms with E-state index in [1.54, 1.807) is 29.3 Å². The van der Waals surface area contributed by atoms with Crippen molar-refractivity contribution in [3.8, 4) is 5.75 Å². The Morgan fingerprint density at radius 1 is 1.39 bits per heavy atom. The summed E-state index contributed by atoms with van der Waals surface area (Å²) in [6, 6.07) is 7.24. The number of ether oxygens (including phenoxy) is 1. The Morgan fingerprint density at radius 3 is 2.93 bits per heavy atom. The van der Waals surface area contributed by atoms with E-state index in [-0.39, 0.29) is 18.9 Å². The lowest BCUT2D eigenvalue weighted by Gasteiger charge is -2.13. The molecule has 7 nitrogen and oxygen atoms in total. The van der Waals surface area contributed by atoms with Crippen molar-refractivity contribution >= 4 is 51.4 Å². The average Bonchev–Trinajstić information content (AvgIpc) is 3.27. The summed E-state index contributed by atoms with van der Waals surface area (Å²) in [6.07, 6.45) is 4.16. The monoisotopic (exact) mass is 417 g/mol. The molecule has 0 unspecified atom stereocenters. The van der Waals surface area contributed by atoms with Crippen molar-refractivity contribution in [3.05, 3.63) is 46.3 Å². The lowest BCUT2D eigenvalue weighted by atomic mass is 10.2. The Labute approximate surface area is 170 Å². The zero-order chi connectivity index (χ0) is 19.9. The molecule has 0 aliphatic carbocycles. The van der Waals surface area contributed by atoms with Gasteiger partial charge in [-0.2, -0.15) is 4.99 Å². The van der Waals surface area contributed by atoms with Crippen LogP contribution in [0.15, 0.2) is 45.7 Å². The molecule has 0 spiro atoms. The Hall–Kier alpha value is -2.65. The Balaban J connectivity index is 1.86. The van der Waals surface area contributed by atoms with Gasteiger partial charge in [0.1, 0.15) is 5.75 Å². The van der Waals surface area contributed by atoms with E-state index in [0.29, 0.717) is 27.5 Å². The molecular weight excluding hydrogens is 398 g/mol. The minimum absolute atomic E-state index is 0.0648. The van der Waals surface area contributed by atoms with Crippen LogP contribution in [0.3, 0.4) is 0 Å². The van der Waals surface area contributed by atoms with E-state index in [1.807, 2.05) is 24.4 Å². The zero-order valence-corrected chi connectivity index (χ0v) is 16.8. The number of carboxylic acid groups (broad SMARTS) is 1. The second-order valence-corrected chi connectivity index (χ2v) is 7.69. The fourth-order valence-corrected chi connectivity index (χ4v) is 4.04. The molecule has 2 aromatic rings. The number of aromatic nitrogens is 1. The van der Waals surface area contributed by atoms with Crippen molar-refractivity contribution in [2.24, 2.45) is 4.99 Å². The lowest BCUT2D eigenvalue weighted by Crippen LogP contribution is -2.29. The standard InChI is InChI=1S/C19H19N3O4S2/c1-2-9-22-17(25)15(28-19(22)21-18-20-8-11-27-18)12-13-5-3-4-6-14(13)26-10-7-16(23)24/h3-6,8,11-12H,2,7,9-10H2,1H3,(H,23,24)/b15-12+,21-19+. The second-order valence-electron chi connectivity index (χ2n) is 5.81. The van der Waals surface area contributed by atoms with E-state index in [0.717, 1.165) is 12.0 Å². The summed E-state index contributed by atoms with van der Waals surface area (Å²) in [4.78, 5) is 34.4. The van der Waals surface area contributed by atoms with Crippen LogP contribution in [0.1, 0.15) is 25.3 Å². The third kappa shape index (κ3) is 4.99. The number of thiazole rings is 1. The number of hydrogen-bond acceptors (Lipinski definition) is 7. The highest BCUT2D eigenvalue weighted by atomic mass is 32.2. The molecule has 0 bridgehead atoms. The number of aliphatic imine (C=N–C) groups is 1. The minimum atomic E-state index is -0.921. The van der Waals surface area contributed by atoms with Gasteiger partial charge in [-0.1, -0.05) is 25.1 Å². The van der Waals surface area contributed by atoms with E-state index < -0.39 is 5.97 Å². The van der Waals surface area contributed by atoms with Gasteiger partial charge in [0.25, 0.3) is 5.91 Å². The van der Waals surface area contributed by atoms with Gasteiger partial charge in [0.2, 0.25) is 5.13 Å². The van der Waals surface area contributed by atoms with Crippen molar-refractivity contribution in [1.29, 1.82) is 0 Å². The van der Waals surface area contributed by atoms with Crippen LogP contribution in [0.25, 0.3) is 6.08 Å². The van der Waals surface area contributed by atoms with E-state index >= 15 is 0 Å². The SMILES string of the molecule is CCCN1C(=O)/C(=C\c2ccccc2OCCC(=O)O)S/C1=N/c1nccs1. The first-order valence-electron chi connectivity index (χ1n) is 8.71. The topological polar surface area (TPSA) is 92.1 Å². The number of carbonyl (C=O) groups is 2. The number of carboxylic acids is 1. The molecule has 1 amide bonds. The largest absolute Gasteiger partial charge is 0.492 e. The molecule has 1 aromatic heterocycles. The van der Waals surface area contributed by atoms with Gasteiger partial charge < -0.3 is 9.84 Å². The van der Waals surface area contributed by atoms with Crippen LogP contribution in [0.4, 0.5) is 5.13 Å². The molecule has 3 rings (SSSR count). The van der Waals surface area contributed by atoms with Gasteiger partial charge in [0, 0.05) is 23.7 Å². The van der Waals surface area contributed by atoms with E-state index in [2.05, 4.69) is 9.98 Å². The van der Waals surface area contributed by atoms with Crippen LogP contribution in [-0.2, 0) is 9.59 Å². The van der Waals surface area contributed by atoms with Crippen molar-refractivity contribution < 1.29 is 19.4 Å². The molecular formula is C19H19N3O4S2. The molecule has 1 N–H and O–H groups in total. The normalized spacial score (nSPS) is 16.9. The summed E-state index contributed by atoms with van der Waals surface area (Å²) in [6.45, 7) is 2.64.